The minimum atomic E-state index is -0.312. The van der Waals surface area contributed by atoms with E-state index < -0.39 is 0 Å². The molecule has 1 aromatic rings. The molecule has 0 fully saturated rings. The lowest BCUT2D eigenvalue weighted by Crippen LogP contribution is -1.90. The quantitative estimate of drug-likeness (QED) is 0.558. The lowest BCUT2D eigenvalue weighted by molar-refractivity contribution is 1.78. The minimum absolute atomic E-state index is 0.312. The Balaban J connectivity index is 2.98. The lowest BCUT2D eigenvalue weighted by atomic mass is 10.4. The topological polar surface area (TPSA) is 0 Å². The maximum absolute atomic E-state index is 5.11. The Morgan fingerprint density at radius 3 is 2.11 bits per heavy atom. The molecule has 0 aliphatic rings. The Morgan fingerprint density at radius 1 is 1.22 bits per heavy atom. The molecule has 1 rings (SSSR count). The molecule has 9 heavy (non-hydrogen) atoms. The highest BCUT2D eigenvalue weighted by atomic mass is 32.4. The van der Waals surface area contributed by atoms with E-state index in [0.717, 1.165) is 0 Å². The Labute approximate surface area is 61.3 Å². The van der Waals surface area contributed by atoms with Gasteiger partial charge in [-0.25, -0.2) is 0 Å². The van der Waals surface area contributed by atoms with E-state index in [1.165, 1.54) is 5.30 Å². The fourth-order valence-electron chi connectivity index (χ4n) is 0.638. The Bertz CT molecular complexity index is 205. The number of benzene rings is 1. The van der Waals surface area contributed by atoms with Crippen LogP contribution in [0.25, 0.3) is 0 Å². The summed E-state index contributed by atoms with van der Waals surface area (Å²) < 4.78 is 0. The van der Waals surface area contributed by atoms with Crippen molar-refractivity contribution in [1.29, 1.82) is 0 Å². The van der Waals surface area contributed by atoms with Gasteiger partial charge in [0.1, 0.15) is 0 Å². The molecule has 1 aromatic carbocycles. The van der Waals surface area contributed by atoms with Crippen LogP contribution in [-0.4, -0.2) is 6.66 Å². The normalized spacial score (nSPS) is 11.0. The zero-order chi connectivity index (χ0) is 6.69. The van der Waals surface area contributed by atoms with Crippen molar-refractivity contribution < 1.29 is 0 Å². The molecule has 0 N–H and O–H groups in total. The van der Waals surface area contributed by atoms with Crippen LogP contribution in [0.5, 0.6) is 0 Å². The van der Waals surface area contributed by atoms with Gasteiger partial charge in [0.2, 0.25) is 0 Å². The van der Waals surface area contributed by atoms with Crippen molar-refractivity contribution in [2.75, 3.05) is 6.66 Å². The van der Waals surface area contributed by atoms with Gasteiger partial charge in [-0.05, 0) is 6.66 Å². The summed E-state index contributed by atoms with van der Waals surface area (Å²) in [6.07, 6.45) is 0. The Kier molecular flexibility index (Phi) is 2.32. The van der Waals surface area contributed by atoms with Crippen LogP contribution < -0.4 is 5.30 Å². The summed E-state index contributed by atoms with van der Waals surface area (Å²) in [6, 6.07) is 10.2. The molecule has 1 radical (unpaired) electrons. The van der Waals surface area contributed by atoms with Crippen molar-refractivity contribution >= 4 is 23.8 Å². The van der Waals surface area contributed by atoms with Crippen LogP contribution in [0, 0.1) is 0 Å². The third kappa shape index (κ3) is 1.85. The van der Waals surface area contributed by atoms with Crippen LogP contribution in [0.4, 0.5) is 0 Å². The third-order valence-corrected chi connectivity index (χ3v) is 2.78. The summed E-state index contributed by atoms with van der Waals surface area (Å²) in [7, 11) is 0. The van der Waals surface area contributed by atoms with E-state index in [2.05, 4.69) is 18.8 Å². The van der Waals surface area contributed by atoms with Gasteiger partial charge in [0.15, 0.2) is 0 Å². The van der Waals surface area contributed by atoms with E-state index >= 15 is 0 Å². The smallest absolute Gasteiger partial charge is 0.00387 e. The highest BCUT2D eigenvalue weighted by Gasteiger charge is 1.87. The van der Waals surface area contributed by atoms with Gasteiger partial charge in [-0.15, -0.1) is 0 Å². The summed E-state index contributed by atoms with van der Waals surface area (Å²) >= 11 is 5.11. The first kappa shape index (κ1) is 6.85. The van der Waals surface area contributed by atoms with Gasteiger partial charge >= 0.3 is 0 Å². The Hall–Kier alpha value is -0.260. The molecule has 0 nitrogen and oxygen atoms in total. The van der Waals surface area contributed by atoms with Crippen molar-refractivity contribution in [2.24, 2.45) is 0 Å². The molecule has 1 atom stereocenters. The minimum Gasteiger partial charge on any atom is -0.0627 e. The molecule has 47 valence electrons. The van der Waals surface area contributed by atoms with Crippen molar-refractivity contribution in [3.63, 3.8) is 0 Å². The summed E-state index contributed by atoms with van der Waals surface area (Å²) in [5, 5.41) is 1.29. The number of hydrogen-bond acceptors (Lipinski definition) is 1. The highest BCUT2D eigenvalue weighted by Crippen LogP contribution is 2.11. The average Bonchev–Trinajstić information content (AvgIpc) is 1.90. The molecule has 0 aliphatic heterocycles. The van der Waals surface area contributed by atoms with E-state index in [1.807, 2.05) is 18.2 Å². The van der Waals surface area contributed by atoms with Crippen LogP contribution in [0.3, 0.4) is 0 Å². The molecular formula is C7H8PS. The van der Waals surface area contributed by atoms with E-state index in [-0.39, 0.29) is 6.70 Å². The van der Waals surface area contributed by atoms with Crippen molar-refractivity contribution in [1.82, 2.24) is 0 Å². The first-order valence-electron chi connectivity index (χ1n) is 2.76. The molecule has 2 heteroatoms. The zero-order valence-corrected chi connectivity index (χ0v) is 6.95. The third-order valence-electron chi connectivity index (χ3n) is 1.12. The number of rotatable bonds is 1. The van der Waals surface area contributed by atoms with E-state index in [9.17, 15) is 0 Å². The lowest BCUT2D eigenvalue weighted by Gasteiger charge is -1.93. The highest BCUT2D eigenvalue weighted by molar-refractivity contribution is 8.08. The van der Waals surface area contributed by atoms with E-state index in [4.69, 9.17) is 11.8 Å². The van der Waals surface area contributed by atoms with Crippen LogP contribution in [0.1, 0.15) is 0 Å². The van der Waals surface area contributed by atoms with Gasteiger partial charge in [0.05, 0.1) is 0 Å². The zero-order valence-electron chi connectivity index (χ0n) is 5.24. The van der Waals surface area contributed by atoms with Crippen LogP contribution in [-0.2, 0) is 11.8 Å². The van der Waals surface area contributed by atoms with Crippen LogP contribution in [0.2, 0.25) is 0 Å². The largest absolute Gasteiger partial charge is 0.0627 e. The molecule has 0 spiro atoms. The summed E-state index contributed by atoms with van der Waals surface area (Å²) in [6.45, 7) is 1.77. The molecule has 0 aliphatic carbocycles. The van der Waals surface area contributed by atoms with Gasteiger partial charge in [-0.1, -0.05) is 48.8 Å². The van der Waals surface area contributed by atoms with E-state index in [1.54, 1.807) is 0 Å². The molecule has 0 amide bonds. The fraction of sp³-hybridized carbons (Fsp3) is 0.143. The second kappa shape index (κ2) is 3.05. The second-order valence-corrected chi connectivity index (χ2v) is 4.99. The monoisotopic (exact) mass is 155 g/mol. The predicted molar refractivity (Wildman–Crippen MR) is 46.3 cm³/mol. The molecule has 0 bridgehead atoms. The van der Waals surface area contributed by atoms with Gasteiger partial charge in [-0.3, -0.25) is 0 Å². The summed E-state index contributed by atoms with van der Waals surface area (Å²) in [5.74, 6) is 0. The summed E-state index contributed by atoms with van der Waals surface area (Å²) in [5.41, 5.74) is 0. The van der Waals surface area contributed by atoms with Crippen molar-refractivity contribution in [3.8, 4) is 0 Å². The number of hydrogen-bond donors (Lipinski definition) is 0. The maximum atomic E-state index is 5.11. The molecule has 0 aromatic heterocycles. The van der Waals surface area contributed by atoms with Crippen molar-refractivity contribution in [3.05, 3.63) is 30.3 Å². The molecule has 1 unspecified atom stereocenters. The summed E-state index contributed by atoms with van der Waals surface area (Å²) in [4.78, 5) is 0. The van der Waals surface area contributed by atoms with Crippen LogP contribution >= 0.6 is 6.70 Å². The van der Waals surface area contributed by atoms with Gasteiger partial charge in [0.25, 0.3) is 0 Å². The SMILES string of the molecule is C[P](=S)c1ccccc1. The standard InChI is InChI=1S/C7H8PS/c1-8(9)7-5-3-2-4-6-7/h2-6H,1H3. The van der Waals surface area contributed by atoms with Gasteiger partial charge < -0.3 is 0 Å². The molecule has 0 saturated heterocycles. The fourth-order valence-corrected chi connectivity index (χ4v) is 1.60. The molecular weight excluding hydrogens is 147 g/mol. The Morgan fingerprint density at radius 2 is 1.78 bits per heavy atom. The van der Waals surface area contributed by atoms with Gasteiger partial charge in [0, 0.05) is 5.30 Å². The predicted octanol–water partition coefficient (Wildman–Crippen LogP) is 1.89. The van der Waals surface area contributed by atoms with E-state index in [0.29, 0.717) is 0 Å². The van der Waals surface area contributed by atoms with Crippen molar-refractivity contribution in [2.45, 2.75) is 0 Å². The first-order chi connectivity index (χ1) is 4.30. The van der Waals surface area contributed by atoms with Crippen LogP contribution in [0.15, 0.2) is 30.3 Å². The molecule has 0 saturated carbocycles. The second-order valence-electron chi connectivity index (χ2n) is 1.83. The first-order valence-corrected chi connectivity index (χ1v) is 5.57. The van der Waals surface area contributed by atoms with Gasteiger partial charge in [-0.2, -0.15) is 0 Å². The maximum Gasteiger partial charge on any atom is 0.00387 e. The average molecular weight is 155 g/mol. The molecule has 0 heterocycles.